The minimum Gasteiger partial charge on any atom is -0.495 e. The fourth-order valence-electron chi connectivity index (χ4n) is 3.02. The summed E-state index contributed by atoms with van der Waals surface area (Å²) >= 11 is 6.07. The average Bonchev–Trinajstić information content (AvgIpc) is 2.62. The second-order valence-electron chi connectivity index (χ2n) is 5.93. The number of aryl methyl sites for hydroxylation is 2. The number of nitrogens with one attached hydrogen (secondary N) is 1. The zero-order valence-electron chi connectivity index (χ0n) is 14.1. The Kier molecular flexibility index (Phi) is 5.11. The summed E-state index contributed by atoms with van der Waals surface area (Å²) in [5.74, 6) is 0.693. The summed E-state index contributed by atoms with van der Waals surface area (Å²) < 4.78 is 38.6. The van der Waals surface area contributed by atoms with E-state index >= 15 is 0 Å². The van der Waals surface area contributed by atoms with Gasteiger partial charge in [-0.1, -0.05) is 17.7 Å². The minimum atomic E-state index is -3.75. The molecule has 0 radical (unpaired) electrons. The van der Waals surface area contributed by atoms with Crippen molar-refractivity contribution in [3.63, 3.8) is 0 Å². The van der Waals surface area contributed by atoms with E-state index in [2.05, 4.69) is 4.72 Å². The lowest BCUT2D eigenvalue weighted by atomic mass is 9.92. The largest absolute Gasteiger partial charge is 0.495 e. The first-order valence-corrected chi connectivity index (χ1v) is 9.87. The van der Waals surface area contributed by atoms with Crippen LogP contribution in [-0.4, -0.2) is 22.6 Å². The molecule has 7 heteroatoms. The van der Waals surface area contributed by atoms with Gasteiger partial charge < -0.3 is 9.47 Å². The summed E-state index contributed by atoms with van der Waals surface area (Å²) in [5, 5.41) is 0.344. The molecule has 0 saturated heterocycles. The highest BCUT2D eigenvalue weighted by molar-refractivity contribution is 7.92. The van der Waals surface area contributed by atoms with Gasteiger partial charge in [-0.05, 0) is 48.9 Å². The zero-order chi connectivity index (χ0) is 18.0. The molecule has 0 saturated carbocycles. The first-order valence-electron chi connectivity index (χ1n) is 8.01. The van der Waals surface area contributed by atoms with Crippen molar-refractivity contribution < 1.29 is 17.9 Å². The van der Waals surface area contributed by atoms with Gasteiger partial charge in [-0.15, -0.1) is 0 Å². The summed E-state index contributed by atoms with van der Waals surface area (Å²) in [6, 6.07) is 8.34. The summed E-state index contributed by atoms with van der Waals surface area (Å²) in [7, 11) is -0.825. The van der Waals surface area contributed by atoms with Crippen LogP contribution < -0.4 is 14.2 Å². The van der Waals surface area contributed by atoms with Crippen molar-refractivity contribution in [3.05, 3.63) is 46.5 Å². The number of fused-ring (bicyclic) bond motifs is 1. The van der Waals surface area contributed by atoms with Crippen LogP contribution in [-0.2, 0) is 22.9 Å². The Morgan fingerprint density at radius 2 is 1.64 bits per heavy atom. The number of benzene rings is 2. The van der Waals surface area contributed by atoms with E-state index in [1.807, 2.05) is 6.07 Å². The lowest BCUT2D eigenvalue weighted by molar-refractivity contribution is 0.405. The molecule has 2 aromatic carbocycles. The molecule has 0 bridgehead atoms. The van der Waals surface area contributed by atoms with E-state index in [0.717, 1.165) is 31.2 Å². The van der Waals surface area contributed by atoms with Gasteiger partial charge in [-0.2, -0.15) is 0 Å². The molecule has 1 aliphatic rings. The van der Waals surface area contributed by atoms with Crippen LogP contribution in [0.15, 0.2) is 35.2 Å². The highest BCUT2D eigenvalue weighted by Crippen LogP contribution is 2.37. The predicted octanol–water partition coefficient (Wildman–Crippen LogP) is 4.04. The Hall–Kier alpha value is -1.92. The molecular weight excluding hydrogens is 362 g/mol. The molecule has 0 aromatic heterocycles. The van der Waals surface area contributed by atoms with Crippen molar-refractivity contribution in [3.8, 4) is 11.5 Å². The third-order valence-corrected chi connectivity index (χ3v) is 6.01. The molecule has 0 spiro atoms. The third kappa shape index (κ3) is 3.70. The van der Waals surface area contributed by atoms with E-state index in [1.165, 1.54) is 31.9 Å². The molecule has 5 nitrogen and oxygen atoms in total. The summed E-state index contributed by atoms with van der Waals surface area (Å²) in [4.78, 5) is 0.240. The van der Waals surface area contributed by atoms with Gasteiger partial charge in [0, 0.05) is 12.1 Å². The smallest absolute Gasteiger partial charge is 0.262 e. The summed E-state index contributed by atoms with van der Waals surface area (Å²) in [6.07, 6.45) is 4.16. The first-order chi connectivity index (χ1) is 11.9. The van der Waals surface area contributed by atoms with Crippen molar-refractivity contribution in [2.75, 3.05) is 18.9 Å². The topological polar surface area (TPSA) is 64.6 Å². The third-order valence-electron chi connectivity index (χ3n) is 4.35. The maximum atomic E-state index is 12.8. The zero-order valence-corrected chi connectivity index (χ0v) is 15.7. The van der Waals surface area contributed by atoms with Crippen molar-refractivity contribution in [1.82, 2.24) is 0 Å². The number of ether oxygens (including phenoxy) is 2. The number of hydrogen-bond acceptors (Lipinski definition) is 4. The van der Waals surface area contributed by atoms with Crippen LogP contribution >= 0.6 is 11.6 Å². The van der Waals surface area contributed by atoms with Gasteiger partial charge in [0.25, 0.3) is 10.0 Å². The van der Waals surface area contributed by atoms with E-state index in [-0.39, 0.29) is 10.6 Å². The van der Waals surface area contributed by atoms with Crippen LogP contribution in [0.5, 0.6) is 11.5 Å². The highest BCUT2D eigenvalue weighted by atomic mass is 35.5. The van der Waals surface area contributed by atoms with E-state index in [9.17, 15) is 8.42 Å². The molecular formula is C18H20ClNO4S. The molecule has 0 unspecified atom stereocenters. The Morgan fingerprint density at radius 3 is 2.32 bits per heavy atom. The Morgan fingerprint density at radius 1 is 0.960 bits per heavy atom. The molecule has 0 aliphatic heterocycles. The lowest BCUT2D eigenvalue weighted by Gasteiger charge is -2.18. The monoisotopic (exact) mass is 381 g/mol. The van der Waals surface area contributed by atoms with Gasteiger partial charge in [0.1, 0.15) is 11.5 Å². The summed E-state index contributed by atoms with van der Waals surface area (Å²) in [6.45, 7) is 0. The summed E-state index contributed by atoms with van der Waals surface area (Å²) in [5.41, 5.74) is 2.62. The number of hydrogen-bond donors (Lipinski definition) is 1. The maximum Gasteiger partial charge on any atom is 0.262 e. The Balaban J connectivity index is 1.96. The van der Waals surface area contributed by atoms with Crippen LogP contribution in [0.25, 0.3) is 0 Å². The lowest BCUT2D eigenvalue weighted by Crippen LogP contribution is -2.15. The van der Waals surface area contributed by atoms with Gasteiger partial charge in [0.2, 0.25) is 0 Å². The van der Waals surface area contributed by atoms with Gasteiger partial charge in [0.05, 0.1) is 29.8 Å². The van der Waals surface area contributed by atoms with Crippen molar-refractivity contribution in [2.24, 2.45) is 0 Å². The van der Waals surface area contributed by atoms with Crippen LogP contribution in [0, 0.1) is 0 Å². The molecule has 2 aromatic rings. The predicted molar refractivity (Wildman–Crippen MR) is 98.4 cm³/mol. The van der Waals surface area contributed by atoms with Crippen LogP contribution in [0.4, 0.5) is 5.69 Å². The van der Waals surface area contributed by atoms with E-state index in [1.54, 1.807) is 12.1 Å². The first kappa shape index (κ1) is 17.9. The Labute approximate surface area is 153 Å². The van der Waals surface area contributed by atoms with Crippen molar-refractivity contribution in [1.29, 1.82) is 0 Å². The average molecular weight is 382 g/mol. The number of sulfonamides is 1. The van der Waals surface area contributed by atoms with Crippen LogP contribution in [0.2, 0.25) is 5.02 Å². The van der Waals surface area contributed by atoms with Crippen LogP contribution in [0.3, 0.4) is 0 Å². The van der Waals surface area contributed by atoms with E-state index in [4.69, 9.17) is 21.1 Å². The normalized spacial score (nSPS) is 13.9. The second-order valence-corrected chi connectivity index (χ2v) is 8.02. The SMILES string of the molecule is COc1cc(NS(=O)(=O)c2ccc3c(c2)CCCC3)c(OC)cc1Cl. The van der Waals surface area contributed by atoms with Gasteiger partial charge in [-0.3, -0.25) is 4.72 Å². The fourth-order valence-corrected chi connectivity index (χ4v) is 4.36. The van der Waals surface area contributed by atoms with Crippen LogP contribution in [0.1, 0.15) is 24.0 Å². The van der Waals surface area contributed by atoms with Gasteiger partial charge in [0.15, 0.2) is 0 Å². The minimum absolute atomic E-state index is 0.240. The van der Waals surface area contributed by atoms with Crippen molar-refractivity contribution >= 4 is 27.3 Å². The molecule has 3 rings (SSSR count). The molecule has 1 aliphatic carbocycles. The number of methoxy groups -OCH3 is 2. The van der Waals surface area contributed by atoms with E-state index < -0.39 is 10.0 Å². The van der Waals surface area contributed by atoms with Gasteiger partial charge in [-0.25, -0.2) is 8.42 Å². The fraction of sp³-hybridized carbons (Fsp3) is 0.333. The molecule has 134 valence electrons. The second kappa shape index (κ2) is 7.14. The molecule has 25 heavy (non-hydrogen) atoms. The Bertz CT molecular complexity index is 896. The molecule has 0 atom stereocenters. The highest BCUT2D eigenvalue weighted by Gasteiger charge is 2.20. The van der Waals surface area contributed by atoms with E-state index in [0.29, 0.717) is 16.5 Å². The molecule has 0 fully saturated rings. The molecule has 0 amide bonds. The number of halogens is 1. The number of rotatable bonds is 5. The van der Waals surface area contributed by atoms with Gasteiger partial charge >= 0.3 is 0 Å². The molecule has 1 N–H and O–H groups in total. The quantitative estimate of drug-likeness (QED) is 0.848. The standard InChI is InChI=1S/C18H20ClNO4S/c1-23-17-11-16(18(24-2)10-15(17)19)20-25(21,22)14-8-7-12-5-3-4-6-13(12)9-14/h7-11,20H,3-6H2,1-2H3. The molecule has 0 heterocycles. The maximum absolute atomic E-state index is 12.8. The van der Waals surface area contributed by atoms with Crippen molar-refractivity contribution in [2.45, 2.75) is 30.6 Å². The number of anilines is 1.